The summed E-state index contributed by atoms with van der Waals surface area (Å²) in [6.07, 6.45) is -1.88. The van der Waals surface area contributed by atoms with E-state index in [0.717, 1.165) is 12.1 Å². The van der Waals surface area contributed by atoms with Gasteiger partial charge in [0.25, 0.3) is 0 Å². The molecule has 0 fully saturated rings. The molecular weight excluding hydrogens is 296 g/mol. The minimum Gasteiger partial charge on any atom is -0.543 e. The molecule has 2 aromatic heterocycles. The number of hydrogen-bond donors (Lipinski definition) is 0. The first-order valence-electron chi connectivity index (χ1n) is 5.50. The van der Waals surface area contributed by atoms with Gasteiger partial charge in [-0.1, -0.05) is 0 Å². The Hall–Kier alpha value is -1.44. The standard InChI is InChI=1S/C13H9F3N2O2.Na/c1-7-2-3-17-6-9(7)8-4-10(12(19)20)18-11(5-8)13(14,15)16;/h2-6H,1H3,(H,19,20);/q;+1/p-1. The maximum atomic E-state index is 12.7. The molecule has 8 heteroatoms. The normalized spacial score (nSPS) is 10.9. The van der Waals surface area contributed by atoms with Gasteiger partial charge >= 0.3 is 35.7 Å². The third-order valence-electron chi connectivity index (χ3n) is 2.67. The topological polar surface area (TPSA) is 65.9 Å². The zero-order valence-electron chi connectivity index (χ0n) is 11.2. The molecule has 0 saturated heterocycles. The molecule has 2 rings (SSSR count). The number of rotatable bonds is 2. The van der Waals surface area contributed by atoms with Crippen LogP contribution in [0, 0.1) is 6.92 Å². The maximum absolute atomic E-state index is 12.7. The number of halogens is 3. The van der Waals surface area contributed by atoms with Gasteiger partial charge in [0.05, 0.1) is 11.7 Å². The number of carboxylic acid groups (broad SMARTS) is 1. The van der Waals surface area contributed by atoms with Crippen molar-refractivity contribution >= 4 is 5.97 Å². The summed E-state index contributed by atoms with van der Waals surface area (Å²) in [6, 6.07) is 3.44. The molecule has 0 aliphatic carbocycles. The molecule has 0 amide bonds. The third kappa shape index (κ3) is 4.03. The van der Waals surface area contributed by atoms with Gasteiger partial charge in [0, 0.05) is 18.0 Å². The summed E-state index contributed by atoms with van der Waals surface area (Å²) < 4.78 is 38.2. The van der Waals surface area contributed by atoms with Crippen LogP contribution in [0.1, 0.15) is 21.7 Å². The number of aromatic nitrogens is 2. The first kappa shape index (κ1) is 17.6. The summed E-state index contributed by atoms with van der Waals surface area (Å²) in [5.41, 5.74) is -0.890. The Morgan fingerprint density at radius 3 is 2.48 bits per heavy atom. The van der Waals surface area contributed by atoms with Crippen LogP contribution < -0.4 is 34.7 Å². The molecule has 0 N–H and O–H groups in total. The quantitative estimate of drug-likeness (QED) is 0.657. The fourth-order valence-corrected chi connectivity index (χ4v) is 1.70. The van der Waals surface area contributed by atoms with E-state index >= 15 is 0 Å². The molecule has 0 saturated carbocycles. The monoisotopic (exact) mass is 304 g/mol. The molecule has 0 atom stereocenters. The van der Waals surface area contributed by atoms with Crippen LogP contribution in [0.3, 0.4) is 0 Å². The van der Waals surface area contributed by atoms with Crippen LogP contribution in [0.4, 0.5) is 13.2 Å². The number of aryl methyl sites for hydroxylation is 1. The van der Waals surface area contributed by atoms with E-state index in [1.165, 1.54) is 12.4 Å². The fourth-order valence-electron chi connectivity index (χ4n) is 1.70. The molecule has 0 aliphatic rings. The Kier molecular flexibility index (Phi) is 5.49. The number of carboxylic acids is 1. The molecule has 0 aliphatic heterocycles. The van der Waals surface area contributed by atoms with Gasteiger partial charge in [-0.05, 0) is 36.2 Å². The van der Waals surface area contributed by atoms with Crippen LogP contribution in [0.25, 0.3) is 11.1 Å². The van der Waals surface area contributed by atoms with Crippen molar-refractivity contribution in [1.29, 1.82) is 0 Å². The zero-order valence-corrected chi connectivity index (χ0v) is 13.2. The number of carbonyl (C=O) groups excluding carboxylic acids is 1. The van der Waals surface area contributed by atoms with Crippen molar-refractivity contribution in [3.8, 4) is 11.1 Å². The molecular formula is C13H8F3N2NaO2. The molecule has 2 aromatic rings. The van der Waals surface area contributed by atoms with Gasteiger partial charge in [-0.25, -0.2) is 4.98 Å². The average Bonchev–Trinajstić information content (AvgIpc) is 2.37. The van der Waals surface area contributed by atoms with Gasteiger partial charge < -0.3 is 9.90 Å². The van der Waals surface area contributed by atoms with Crippen LogP contribution in [-0.2, 0) is 6.18 Å². The molecule has 0 bridgehead atoms. The van der Waals surface area contributed by atoms with Crippen molar-refractivity contribution in [2.75, 3.05) is 0 Å². The predicted octanol–water partition coefficient (Wildman–Crippen LogP) is -1.16. The number of hydrogen-bond acceptors (Lipinski definition) is 4. The second kappa shape index (κ2) is 6.55. The first-order valence-corrected chi connectivity index (χ1v) is 5.50. The van der Waals surface area contributed by atoms with E-state index in [-0.39, 0.29) is 35.1 Å². The zero-order chi connectivity index (χ0) is 14.9. The summed E-state index contributed by atoms with van der Waals surface area (Å²) in [5.74, 6) is -1.76. The SMILES string of the molecule is Cc1ccncc1-c1cc(C(=O)[O-])nc(C(F)(F)F)c1.[Na+]. The van der Waals surface area contributed by atoms with Crippen molar-refractivity contribution in [2.24, 2.45) is 0 Å². The second-order valence-corrected chi connectivity index (χ2v) is 4.10. The first-order chi connectivity index (χ1) is 9.29. The molecule has 21 heavy (non-hydrogen) atoms. The molecule has 0 spiro atoms. The minimum atomic E-state index is -4.74. The number of carbonyl (C=O) groups is 1. The Balaban J connectivity index is 0.00000220. The van der Waals surface area contributed by atoms with Crippen LogP contribution in [-0.4, -0.2) is 15.9 Å². The Bertz CT molecular complexity index is 675. The molecule has 4 nitrogen and oxygen atoms in total. The molecule has 0 radical (unpaired) electrons. The molecule has 2 heterocycles. The maximum Gasteiger partial charge on any atom is 1.00 e. The van der Waals surface area contributed by atoms with E-state index in [0.29, 0.717) is 11.1 Å². The van der Waals surface area contributed by atoms with E-state index in [1.54, 1.807) is 13.0 Å². The predicted molar refractivity (Wildman–Crippen MR) is 61.5 cm³/mol. The van der Waals surface area contributed by atoms with Gasteiger partial charge in [-0.15, -0.1) is 0 Å². The van der Waals surface area contributed by atoms with Crippen molar-refractivity contribution in [3.05, 3.63) is 47.5 Å². The summed E-state index contributed by atoms with van der Waals surface area (Å²) >= 11 is 0. The van der Waals surface area contributed by atoms with Crippen LogP contribution in [0.15, 0.2) is 30.6 Å². The number of aromatic carboxylic acids is 1. The number of nitrogens with zero attached hydrogens (tertiary/aromatic N) is 2. The van der Waals surface area contributed by atoms with Crippen molar-refractivity contribution in [3.63, 3.8) is 0 Å². The van der Waals surface area contributed by atoms with Gasteiger partial charge in [-0.3, -0.25) is 4.98 Å². The number of pyridine rings is 2. The number of alkyl halides is 3. The summed E-state index contributed by atoms with van der Waals surface area (Å²) in [6.45, 7) is 1.68. The van der Waals surface area contributed by atoms with E-state index < -0.39 is 23.5 Å². The molecule has 0 unspecified atom stereocenters. The largest absolute Gasteiger partial charge is 1.00 e. The summed E-state index contributed by atoms with van der Waals surface area (Å²) in [7, 11) is 0. The Labute approximate surface area is 140 Å². The minimum absolute atomic E-state index is 0. The van der Waals surface area contributed by atoms with E-state index in [1.807, 2.05) is 0 Å². The smallest absolute Gasteiger partial charge is 0.543 e. The Morgan fingerprint density at radius 1 is 1.29 bits per heavy atom. The summed E-state index contributed by atoms with van der Waals surface area (Å²) in [4.78, 5) is 17.7. The van der Waals surface area contributed by atoms with Crippen LogP contribution >= 0.6 is 0 Å². The van der Waals surface area contributed by atoms with Crippen LogP contribution in [0.2, 0.25) is 0 Å². The second-order valence-electron chi connectivity index (χ2n) is 4.10. The Morgan fingerprint density at radius 2 is 1.95 bits per heavy atom. The van der Waals surface area contributed by atoms with Crippen molar-refractivity contribution in [2.45, 2.75) is 13.1 Å². The van der Waals surface area contributed by atoms with E-state index in [9.17, 15) is 23.1 Å². The molecule has 104 valence electrons. The third-order valence-corrected chi connectivity index (χ3v) is 2.67. The molecule has 0 aromatic carbocycles. The van der Waals surface area contributed by atoms with Gasteiger partial charge in [0.2, 0.25) is 0 Å². The fraction of sp³-hybridized carbons (Fsp3) is 0.154. The van der Waals surface area contributed by atoms with Crippen molar-refractivity contribution < 1.29 is 52.6 Å². The van der Waals surface area contributed by atoms with Crippen LogP contribution in [0.5, 0.6) is 0 Å². The van der Waals surface area contributed by atoms with E-state index in [4.69, 9.17) is 0 Å². The van der Waals surface area contributed by atoms with Gasteiger partial charge in [-0.2, -0.15) is 13.2 Å². The summed E-state index contributed by atoms with van der Waals surface area (Å²) in [5, 5.41) is 10.8. The van der Waals surface area contributed by atoms with Crippen molar-refractivity contribution in [1.82, 2.24) is 9.97 Å². The average molecular weight is 304 g/mol. The van der Waals surface area contributed by atoms with E-state index in [2.05, 4.69) is 9.97 Å². The van der Waals surface area contributed by atoms with Gasteiger partial charge in [0.15, 0.2) is 0 Å². The van der Waals surface area contributed by atoms with Gasteiger partial charge in [0.1, 0.15) is 5.69 Å².